The van der Waals surface area contributed by atoms with Crippen molar-refractivity contribution < 1.29 is 27.6 Å². The van der Waals surface area contributed by atoms with Crippen LogP contribution in [0, 0.1) is 5.41 Å². The molecule has 4 N–H and O–H groups in total. The fraction of sp³-hybridized carbons (Fsp3) is 0.435. The van der Waals surface area contributed by atoms with Crippen molar-refractivity contribution in [2.45, 2.75) is 31.2 Å². The average molecular weight is 480 g/mol. The molecule has 3 atom stereocenters. The van der Waals surface area contributed by atoms with Crippen LogP contribution in [0.1, 0.15) is 18.9 Å². The number of benzene rings is 1. The number of allylic oxidation sites excluding steroid dienone is 2. The van der Waals surface area contributed by atoms with Crippen molar-refractivity contribution in [3.05, 3.63) is 60.0 Å². The number of halogens is 3. The van der Waals surface area contributed by atoms with Gasteiger partial charge in [0.05, 0.1) is 0 Å². The Labute approximate surface area is 195 Å². The third-order valence-electron chi connectivity index (χ3n) is 6.37. The largest absolute Gasteiger partial charge is 0.351 e. The molecule has 3 rings (SSSR count). The molecule has 1 aliphatic heterocycles. The SMILES string of the molecule is CN1CCN(C(N)=O)C(CC2(C)C=CC(C(=O)NNC(=O)C(F)F)(c3ccccc3)C=C2F)C1. The van der Waals surface area contributed by atoms with E-state index in [0.717, 1.165) is 6.08 Å². The van der Waals surface area contributed by atoms with Crippen LogP contribution < -0.4 is 16.6 Å². The standard InChI is InChI=1S/C23H28F3N5O3/c1-22(12-16-14-30(2)10-11-31(16)21(27)34)8-9-23(13-17(22)24,15-6-4-3-5-7-15)20(33)29-28-19(32)18(25)26/h3-9,13,16,18H,10-12,14H2,1-2H3,(H2,27,34)(H,28,32)(H,29,33). The van der Waals surface area contributed by atoms with Gasteiger partial charge in [0.25, 0.3) is 5.91 Å². The van der Waals surface area contributed by atoms with Crippen LogP contribution in [-0.2, 0) is 15.0 Å². The summed E-state index contributed by atoms with van der Waals surface area (Å²) < 4.78 is 40.9. The van der Waals surface area contributed by atoms with Gasteiger partial charge in [-0.1, -0.05) is 42.5 Å². The van der Waals surface area contributed by atoms with Crippen LogP contribution in [0.3, 0.4) is 0 Å². The molecule has 0 bridgehead atoms. The van der Waals surface area contributed by atoms with E-state index in [-0.39, 0.29) is 12.5 Å². The first kappa shape index (κ1) is 25.3. The molecule has 0 radical (unpaired) electrons. The number of nitrogens with two attached hydrogens (primary N) is 1. The summed E-state index contributed by atoms with van der Waals surface area (Å²) in [4.78, 5) is 39.8. The van der Waals surface area contributed by atoms with Gasteiger partial charge in [0.15, 0.2) is 0 Å². The van der Waals surface area contributed by atoms with Gasteiger partial charge in [0.2, 0.25) is 0 Å². The van der Waals surface area contributed by atoms with Gasteiger partial charge in [-0.25, -0.2) is 9.18 Å². The first-order chi connectivity index (χ1) is 16.0. The van der Waals surface area contributed by atoms with Crippen LogP contribution in [-0.4, -0.2) is 66.8 Å². The maximum atomic E-state index is 15.8. The van der Waals surface area contributed by atoms with Crippen molar-refractivity contribution in [2.24, 2.45) is 11.1 Å². The van der Waals surface area contributed by atoms with E-state index in [4.69, 9.17) is 5.73 Å². The Morgan fingerprint density at radius 1 is 1.15 bits per heavy atom. The minimum absolute atomic E-state index is 0.216. The Kier molecular flexibility index (Phi) is 7.35. The second kappa shape index (κ2) is 9.88. The quantitative estimate of drug-likeness (QED) is 0.443. The normalized spacial score (nSPS) is 27.3. The van der Waals surface area contributed by atoms with Gasteiger partial charge in [-0.3, -0.25) is 20.4 Å². The number of hydrogen-bond acceptors (Lipinski definition) is 4. The van der Waals surface area contributed by atoms with Gasteiger partial charge in [-0.05, 0) is 32.0 Å². The number of nitrogens with zero attached hydrogens (tertiary/aromatic N) is 2. The highest BCUT2D eigenvalue weighted by Gasteiger charge is 2.45. The van der Waals surface area contributed by atoms with Crippen LogP contribution in [0.25, 0.3) is 0 Å². The minimum Gasteiger partial charge on any atom is -0.351 e. The number of likely N-dealkylation sites (N-methyl/N-ethyl adjacent to an activating group) is 1. The Morgan fingerprint density at radius 3 is 2.41 bits per heavy atom. The predicted molar refractivity (Wildman–Crippen MR) is 119 cm³/mol. The predicted octanol–water partition coefficient (Wildman–Crippen LogP) is 1.85. The van der Waals surface area contributed by atoms with E-state index in [1.165, 1.54) is 17.1 Å². The molecule has 34 heavy (non-hydrogen) atoms. The van der Waals surface area contributed by atoms with E-state index >= 15 is 4.39 Å². The summed E-state index contributed by atoms with van der Waals surface area (Å²) in [7, 11) is 1.90. The number of hydrazine groups is 1. The lowest BCUT2D eigenvalue weighted by atomic mass is 9.69. The molecule has 1 aromatic rings. The van der Waals surface area contributed by atoms with Crippen LogP contribution >= 0.6 is 0 Å². The van der Waals surface area contributed by atoms with Crippen LogP contribution in [0.15, 0.2) is 54.4 Å². The zero-order valence-electron chi connectivity index (χ0n) is 18.9. The second-order valence-electron chi connectivity index (χ2n) is 8.87. The van der Waals surface area contributed by atoms with Crippen LogP contribution in [0.4, 0.5) is 18.0 Å². The molecular formula is C23H28F3N5O3. The lowest BCUT2D eigenvalue weighted by molar-refractivity contribution is -0.136. The van der Waals surface area contributed by atoms with Gasteiger partial charge in [0.1, 0.15) is 11.2 Å². The molecule has 11 heteroatoms. The molecule has 1 heterocycles. The number of carbonyl (C=O) groups excluding carboxylic acids is 3. The molecule has 1 saturated heterocycles. The van der Waals surface area contributed by atoms with Crippen LogP contribution in [0.5, 0.6) is 0 Å². The Bertz CT molecular complexity index is 1000. The number of hydrogen-bond donors (Lipinski definition) is 3. The third-order valence-corrected chi connectivity index (χ3v) is 6.37. The number of amides is 4. The van der Waals surface area contributed by atoms with E-state index in [0.29, 0.717) is 25.2 Å². The molecule has 2 aliphatic rings. The van der Waals surface area contributed by atoms with Crippen molar-refractivity contribution in [1.29, 1.82) is 0 Å². The van der Waals surface area contributed by atoms with Gasteiger partial charge < -0.3 is 15.5 Å². The Balaban J connectivity index is 1.92. The molecule has 0 saturated carbocycles. The van der Waals surface area contributed by atoms with Gasteiger partial charge >= 0.3 is 18.4 Å². The number of alkyl halides is 2. The van der Waals surface area contributed by atoms with Gasteiger partial charge in [-0.2, -0.15) is 8.78 Å². The summed E-state index contributed by atoms with van der Waals surface area (Å²) in [5.41, 5.74) is 6.70. The lowest BCUT2D eigenvalue weighted by Gasteiger charge is -2.43. The van der Waals surface area contributed by atoms with Crippen molar-refractivity contribution in [3.63, 3.8) is 0 Å². The first-order valence-electron chi connectivity index (χ1n) is 10.8. The number of urea groups is 1. The minimum atomic E-state index is -3.33. The van der Waals surface area contributed by atoms with Crippen molar-refractivity contribution in [3.8, 4) is 0 Å². The molecule has 4 amide bonds. The summed E-state index contributed by atoms with van der Waals surface area (Å²) in [5, 5.41) is 0. The highest BCUT2D eigenvalue weighted by atomic mass is 19.3. The van der Waals surface area contributed by atoms with Gasteiger partial charge in [0, 0.05) is 31.1 Å². The summed E-state index contributed by atoms with van der Waals surface area (Å²) in [6.07, 6.45) is 1.03. The Morgan fingerprint density at radius 2 is 1.82 bits per heavy atom. The molecular weight excluding hydrogens is 451 g/mol. The first-order valence-corrected chi connectivity index (χ1v) is 10.8. The summed E-state index contributed by atoms with van der Waals surface area (Å²) >= 11 is 0. The molecule has 3 unspecified atom stereocenters. The van der Waals surface area contributed by atoms with Crippen molar-refractivity contribution in [2.75, 3.05) is 26.7 Å². The fourth-order valence-corrected chi connectivity index (χ4v) is 4.38. The highest BCUT2D eigenvalue weighted by molar-refractivity contribution is 5.95. The third kappa shape index (κ3) is 5.09. The maximum Gasteiger partial charge on any atom is 0.317 e. The van der Waals surface area contributed by atoms with Crippen LogP contribution in [0.2, 0.25) is 0 Å². The number of primary amides is 1. The number of rotatable bonds is 5. The second-order valence-corrected chi connectivity index (χ2v) is 8.87. The zero-order chi connectivity index (χ0) is 25.1. The molecule has 0 spiro atoms. The fourth-order valence-electron chi connectivity index (χ4n) is 4.38. The number of nitrogens with one attached hydrogen (secondary N) is 2. The average Bonchev–Trinajstić information content (AvgIpc) is 2.79. The number of piperazine rings is 1. The maximum absolute atomic E-state index is 15.8. The van der Waals surface area contributed by atoms with E-state index < -0.39 is 40.9 Å². The lowest BCUT2D eigenvalue weighted by Crippen LogP contribution is -2.57. The Hall–Kier alpha value is -3.34. The number of carbonyl (C=O) groups is 3. The topological polar surface area (TPSA) is 108 Å². The molecule has 1 fully saturated rings. The van der Waals surface area contributed by atoms with E-state index in [1.807, 2.05) is 17.4 Å². The molecule has 8 nitrogen and oxygen atoms in total. The summed E-state index contributed by atoms with van der Waals surface area (Å²) in [6, 6.07) is 7.26. The van der Waals surface area contributed by atoms with E-state index in [9.17, 15) is 23.2 Å². The summed E-state index contributed by atoms with van der Waals surface area (Å²) in [6.45, 7) is 3.21. The van der Waals surface area contributed by atoms with Crippen molar-refractivity contribution >= 4 is 17.8 Å². The van der Waals surface area contributed by atoms with E-state index in [1.54, 1.807) is 42.7 Å². The van der Waals surface area contributed by atoms with Gasteiger partial charge in [-0.15, -0.1) is 0 Å². The van der Waals surface area contributed by atoms with E-state index in [2.05, 4.69) is 0 Å². The monoisotopic (exact) mass is 479 g/mol. The highest BCUT2D eigenvalue weighted by Crippen LogP contribution is 2.45. The molecule has 1 aromatic carbocycles. The van der Waals surface area contributed by atoms with Crippen molar-refractivity contribution in [1.82, 2.24) is 20.7 Å². The summed E-state index contributed by atoms with van der Waals surface area (Å²) in [5.74, 6) is -3.22. The molecule has 0 aromatic heterocycles. The zero-order valence-corrected chi connectivity index (χ0v) is 18.9. The molecule has 1 aliphatic carbocycles. The smallest absolute Gasteiger partial charge is 0.317 e. The molecule has 184 valence electrons.